The Labute approximate surface area is 111 Å². The minimum Gasteiger partial charge on any atom is -0.479 e. The molecule has 0 bridgehead atoms. The number of nitrogens with zero attached hydrogens (tertiary/aromatic N) is 1. The summed E-state index contributed by atoms with van der Waals surface area (Å²) in [4.78, 5) is 24.6. The number of amides is 1. The van der Waals surface area contributed by atoms with E-state index in [0.29, 0.717) is 25.9 Å². The molecule has 108 valence electrons. The molecule has 2 fully saturated rings. The third-order valence-electron chi connectivity index (χ3n) is 3.41. The highest BCUT2D eigenvalue weighted by Gasteiger charge is 2.38. The van der Waals surface area contributed by atoms with Crippen molar-refractivity contribution >= 4 is 11.9 Å². The lowest BCUT2D eigenvalue weighted by Gasteiger charge is -2.37. The van der Waals surface area contributed by atoms with Crippen molar-refractivity contribution < 1.29 is 29.3 Å². The number of morpholine rings is 1. The normalized spacial score (nSPS) is 35.4. The highest BCUT2D eigenvalue weighted by atomic mass is 16.5. The first-order valence-corrected chi connectivity index (χ1v) is 6.44. The van der Waals surface area contributed by atoms with Gasteiger partial charge in [-0.3, -0.25) is 4.79 Å². The Kier molecular flexibility index (Phi) is 4.38. The second-order valence-corrected chi connectivity index (χ2v) is 5.02. The summed E-state index contributed by atoms with van der Waals surface area (Å²) in [5.74, 6) is -1.24. The highest BCUT2D eigenvalue weighted by molar-refractivity contribution is 5.82. The van der Waals surface area contributed by atoms with Crippen LogP contribution in [0.3, 0.4) is 0 Å². The van der Waals surface area contributed by atoms with Crippen LogP contribution in [0, 0.1) is 0 Å². The van der Waals surface area contributed by atoms with E-state index in [0.717, 1.165) is 0 Å². The fourth-order valence-electron chi connectivity index (χ4n) is 2.53. The Bertz CT molecular complexity index is 360. The van der Waals surface area contributed by atoms with E-state index in [1.165, 1.54) is 0 Å². The lowest BCUT2D eigenvalue weighted by molar-refractivity contribution is -0.162. The zero-order valence-electron chi connectivity index (χ0n) is 10.8. The lowest BCUT2D eigenvalue weighted by Crippen LogP contribution is -2.53. The molecule has 0 aromatic rings. The van der Waals surface area contributed by atoms with Crippen molar-refractivity contribution in [2.75, 3.05) is 19.7 Å². The fourth-order valence-corrected chi connectivity index (χ4v) is 2.53. The summed E-state index contributed by atoms with van der Waals surface area (Å²) in [6.07, 6.45) is -1.33. The number of hydrogen-bond acceptors (Lipinski definition) is 5. The number of hydrogen-bond donors (Lipinski definition) is 2. The molecule has 2 rings (SSSR count). The second-order valence-electron chi connectivity index (χ2n) is 5.02. The van der Waals surface area contributed by atoms with Crippen LogP contribution in [0.15, 0.2) is 0 Å². The smallest absolute Gasteiger partial charge is 0.332 e. The molecule has 2 saturated heterocycles. The van der Waals surface area contributed by atoms with Crippen molar-refractivity contribution in [3.63, 3.8) is 0 Å². The van der Waals surface area contributed by atoms with Crippen LogP contribution in [-0.2, 0) is 19.1 Å². The van der Waals surface area contributed by atoms with E-state index in [2.05, 4.69) is 0 Å². The SMILES string of the molecule is CC1CN(C(=O)[C@@H]2CC[C@H](C(=O)O)O2)CC(CO)O1. The van der Waals surface area contributed by atoms with Crippen LogP contribution in [-0.4, -0.2) is 71.1 Å². The van der Waals surface area contributed by atoms with Gasteiger partial charge in [-0.1, -0.05) is 0 Å². The Morgan fingerprint density at radius 3 is 2.47 bits per heavy atom. The zero-order chi connectivity index (χ0) is 14.0. The average Bonchev–Trinajstić information content (AvgIpc) is 2.86. The van der Waals surface area contributed by atoms with Crippen LogP contribution in [0.4, 0.5) is 0 Å². The van der Waals surface area contributed by atoms with E-state index >= 15 is 0 Å². The third kappa shape index (κ3) is 3.23. The summed E-state index contributed by atoms with van der Waals surface area (Å²) in [6.45, 7) is 2.44. The Morgan fingerprint density at radius 1 is 1.21 bits per heavy atom. The Hall–Kier alpha value is -1.18. The molecule has 1 amide bonds. The first kappa shape index (κ1) is 14.2. The van der Waals surface area contributed by atoms with Gasteiger partial charge in [0.1, 0.15) is 6.10 Å². The van der Waals surface area contributed by atoms with Gasteiger partial charge in [-0.15, -0.1) is 0 Å². The van der Waals surface area contributed by atoms with Gasteiger partial charge in [-0.2, -0.15) is 0 Å². The average molecular weight is 273 g/mol. The molecule has 2 unspecified atom stereocenters. The molecule has 4 atom stereocenters. The Morgan fingerprint density at radius 2 is 1.89 bits per heavy atom. The molecule has 0 aromatic heterocycles. The van der Waals surface area contributed by atoms with E-state index in [9.17, 15) is 9.59 Å². The largest absolute Gasteiger partial charge is 0.479 e. The number of ether oxygens (including phenoxy) is 2. The molecule has 7 heteroatoms. The third-order valence-corrected chi connectivity index (χ3v) is 3.41. The van der Waals surface area contributed by atoms with E-state index in [-0.39, 0.29) is 24.7 Å². The molecule has 0 aromatic carbocycles. The van der Waals surface area contributed by atoms with E-state index in [1.54, 1.807) is 4.90 Å². The van der Waals surface area contributed by atoms with Crippen molar-refractivity contribution in [3.8, 4) is 0 Å². The lowest BCUT2D eigenvalue weighted by atomic mass is 10.1. The van der Waals surface area contributed by atoms with E-state index < -0.39 is 18.2 Å². The summed E-state index contributed by atoms with van der Waals surface area (Å²) in [5, 5.41) is 18.0. The molecule has 0 saturated carbocycles. The topological polar surface area (TPSA) is 96.3 Å². The monoisotopic (exact) mass is 273 g/mol. The maximum absolute atomic E-state index is 12.2. The standard InChI is InChI=1S/C12H19NO6/c1-7-4-13(5-8(6-14)18-7)11(15)9-2-3-10(19-9)12(16)17/h7-10,14H,2-6H2,1H3,(H,16,17)/t7?,8?,9-,10+/m0/s1. The number of carbonyl (C=O) groups is 2. The second kappa shape index (κ2) is 5.85. The van der Waals surface area contributed by atoms with Gasteiger partial charge < -0.3 is 24.6 Å². The predicted octanol–water partition coefficient (Wildman–Crippen LogP) is -0.773. The molecule has 7 nitrogen and oxygen atoms in total. The van der Waals surface area contributed by atoms with E-state index in [1.807, 2.05) is 6.92 Å². The summed E-state index contributed by atoms with van der Waals surface area (Å²) in [6, 6.07) is 0. The quantitative estimate of drug-likeness (QED) is 0.700. The molecule has 2 heterocycles. The zero-order valence-corrected chi connectivity index (χ0v) is 10.8. The maximum atomic E-state index is 12.2. The van der Waals surface area contributed by atoms with Gasteiger partial charge in [-0.25, -0.2) is 4.79 Å². The maximum Gasteiger partial charge on any atom is 0.332 e. The number of carboxylic acids is 1. The van der Waals surface area contributed by atoms with Crippen molar-refractivity contribution in [2.24, 2.45) is 0 Å². The van der Waals surface area contributed by atoms with Crippen LogP contribution >= 0.6 is 0 Å². The number of carboxylic acid groups (broad SMARTS) is 1. The number of aliphatic hydroxyl groups is 1. The molecule has 19 heavy (non-hydrogen) atoms. The van der Waals surface area contributed by atoms with Gasteiger partial charge in [0.15, 0.2) is 6.10 Å². The van der Waals surface area contributed by atoms with Gasteiger partial charge >= 0.3 is 5.97 Å². The van der Waals surface area contributed by atoms with Gasteiger partial charge in [0.25, 0.3) is 5.91 Å². The van der Waals surface area contributed by atoms with Gasteiger partial charge in [0, 0.05) is 13.1 Å². The fraction of sp³-hybridized carbons (Fsp3) is 0.833. The van der Waals surface area contributed by atoms with Crippen LogP contribution in [0.2, 0.25) is 0 Å². The molecule has 0 aliphatic carbocycles. The van der Waals surface area contributed by atoms with Crippen LogP contribution in [0.1, 0.15) is 19.8 Å². The molecule has 2 aliphatic rings. The molecule has 0 spiro atoms. The molecule has 2 N–H and O–H groups in total. The Balaban J connectivity index is 1.94. The van der Waals surface area contributed by atoms with Gasteiger partial charge in [0.2, 0.25) is 0 Å². The van der Waals surface area contributed by atoms with Crippen molar-refractivity contribution in [3.05, 3.63) is 0 Å². The summed E-state index contributed by atoms with van der Waals surface area (Å²) < 4.78 is 10.7. The van der Waals surface area contributed by atoms with E-state index in [4.69, 9.17) is 19.7 Å². The molecule has 2 aliphatic heterocycles. The van der Waals surface area contributed by atoms with Gasteiger partial charge in [0.05, 0.1) is 18.8 Å². The van der Waals surface area contributed by atoms with Crippen LogP contribution in [0.25, 0.3) is 0 Å². The first-order chi connectivity index (χ1) is 9.01. The van der Waals surface area contributed by atoms with Crippen molar-refractivity contribution in [2.45, 2.75) is 44.2 Å². The first-order valence-electron chi connectivity index (χ1n) is 6.44. The van der Waals surface area contributed by atoms with Crippen molar-refractivity contribution in [1.29, 1.82) is 0 Å². The summed E-state index contributed by atoms with van der Waals surface area (Å²) in [7, 11) is 0. The molecular formula is C12H19NO6. The van der Waals surface area contributed by atoms with Gasteiger partial charge in [-0.05, 0) is 19.8 Å². The van der Waals surface area contributed by atoms with Crippen LogP contribution in [0.5, 0.6) is 0 Å². The minimum absolute atomic E-state index is 0.141. The molecular weight excluding hydrogens is 254 g/mol. The number of carbonyl (C=O) groups excluding carboxylic acids is 1. The number of aliphatic carboxylic acids is 1. The summed E-state index contributed by atoms with van der Waals surface area (Å²) in [5.41, 5.74) is 0. The number of aliphatic hydroxyl groups excluding tert-OH is 1. The number of rotatable bonds is 3. The van der Waals surface area contributed by atoms with Crippen molar-refractivity contribution in [1.82, 2.24) is 4.90 Å². The van der Waals surface area contributed by atoms with Crippen LogP contribution < -0.4 is 0 Å². The highest BCUT2D eigenvalue weighted by Crippen LogP contribution is 2.23. The molecule has 0 radical (unpaired) electrons. The summed E-state index contributed by atoms with van der Waals surface area (Å²) >= 11 is 0. The predicted molar refractivity (Wildman–Crippen MR) is 63.5 cm³/mol. The minimum atomic E-state index is -1.03.